The molecule has 1 rings (SSSR count). The number of ether oxygens (including phenoxy) is 1. The van der Waals surface area contributed by atoms with Crippen LogP contribution in [0.25, 0.3) is 0 Å². The zero-order valence-corrected chi connectivity index (χ0v) is 9.62. The van der Waals surface area contributed by atoms with Crippen LogP contribution in [0.2, 0.25) is 0 Å². The van der Waals surface area contributed by atoms with Gasteiger partial charge in [0.25, 0.3) is 0 Å². The van der Waals surface area contributed by atoms with Gasteiger partial charge in [0.2, 0.25) is 0 Å². The molecule has 3 heteroatoms. The van der Waals surface area contributed by atoms with Gasteiger partial charge >= 0.3 is 0 Å². The molecule has 1 N–H and O–H groups in total. The molecule has 0 amide bonds. The van der Waals surface area contributed by atoms with Crippen molar-refractivity contribution in [2.45, 2.75) is 32.2 Å². The molecule has 0 aromatic carbocycles. The fraction of sp³-hybridized carbons (Fsp3) is 1.00. The van der Waals surface area contributed by atoms with Gasteiger partial charge in [0.15, 0.2) is 0 Å². The number of hydrogen-bond donors (Lipinski definition) is 1. The SMILES string of the molecule is CN(CC1CCOCC1)C(C)(C)CO. The first kappa shape index (κ1) is 12.0. The minimum atomic E-state index is -0.0989. The summed E-state index contributed by atoms with van der Waals surface area (Å²) in [5, 5.41) is 9.23. The van der Waals surface area contributed by atoms with Crippen LogP contribution in [0.4, 0.5) is 0 Å². The molecule has 14 heavy (non-hydrogen) atoms. The lowest BCUT2D eigenvalue weighted by molar-refractivity contribution is 0.0243. The maximum atomic E-state index is 9.23. The van der Waals surface area contributed by atoms with E-state index in [4.69, 9.17) is 4.74 Å². The minimum absolute atomic E-state index is 0.0989. The fourth-order valence-electron chi connectivity index (χ4n) is 1.68. The van der Waals surface area contributed by atoms with E-state index in [1.807, 2.05) is 0 Å². The Morgan fingerprint density at radius 1 is 1.36 bits per heavy atom. The molecule has 0 saturated carbocycles. The largest absolute Gasteiger partial charge is 0.394 e. The molecule has 0 aromatic rings. The van der Waals surface area contributed by atoms with Crippen LogP contribution in [0.3, 0.4) is 0 Å². The van der Waals surface area contributed by atoms with E-state index in [9.17, 15) is 5.11 Å². The van der Waals surface area contributed by atoms with Crippen molar-refractivity contribution in [2.24, 2.45) is 5.92 Å². The highest BCUT2D eigenvalue weighted by molar-refractivity contribution is 4.80. The zero-order valence-electron chi connectivity index (χ0n) is 9.62. The summed E-state index contributed by atoms with van der Waals surface area (Å²) in [6, 6.07) is 0. The van der Waals surface area contributed by atoms with Crippen molar-refractivity contribution < 1.29 is 9.84 Å². The molecule has 0 bridgehead atoms. The van der Waals surface area contributed by atoms with E-state index in [1.54, 1.807) is 0 Å². The lowest BCUT2D eigenvalue weighted by Crippen LogP contribution is -2.46. The monoisotopic (exact) mass is 201 g/mol. The maximum Gasteiger partial charge on any atom is 0.0609 e. The summed E-state index contributed by atoms with van der Waals surface area (Å²) in [7, 11) is 2.09. The van der Waals surface area contributed by atoms with Crippen LogP contribution in [0.15, 0.2) is 0 Å². The lowest BCUT2D eigenvalue weighted by Gasteiger charge is -2.37. The van der Waals surface area contributed by atoms with Gasteiger partial charge in [0.1, 0.15) is 0 Å². The number of likely N-dealkylation sites (N-methyl/N-ethyl adjacent to an activating group) is 1. The van der Waals surface area contributed by atoms with Crippen LogP contribution in [-0.2, 0) is 4.74 Å². The Labute approximate surface area is 87.1 Å². The minimum Gasteiger partial charge on any atom is -0.394 e. The fourth-order valence-corrected chi connectivity index (χ4v) is 1.68. The Kier molecular flexibility index (Phi) is 4.35. The topological polar surface area (TPSA) is 32.7 Å². The summed E-state index contributed by atoms with van der Waals surface area (Å²) in [6.07, 6.45) is 2.32. The van der Waals surface area contributed by atoms with Crippen LogP contribution in [0.5, 0.6) is 0 Å². The Hall–Kier alpha value is -0.120. The summed E-state index contributed by atoms with van der Waals surface area (Å²) in [4.78, 5) is 2.25. The van der Waals surface area contributed by atoms with Gasteiger partial charge in [-0.05, 0) is 39.7 Å². The molecule has 1 aliphatic heterocycles. The Balaban J connectivity index is 2.34. The van der Waals surface area contributed by atoms with Gasteiger partial charge in [0, 0.05) is 25.3 Å². The molecule has 0 spiro atoms. The third kappa shape index (κ3) is 3.23. The first-order chi connectivity index (χ1) is 6.56. The van der Waals surface area contributed by atoms with Crippen molar-refractivity contribution in [3.8, 4) is 0 Å². The van der Waals surface area contributed by atoms with E-state index >= 15 is 0 Å². The van der Waals surface area contributed by atoms with Crippen LogP contribution < -0.4 is 0 Å². The van der Waals surface area contributed by atoms with Crippen molar-refractivity contribution in [1.82, 2.24) is 4.90 Å². The molecule has 1 saturated heterocycles. The molecular weight excluding hydrogens is 178 g/mol. The van der Waals surface area contributed by atoms with Gasteiger partial charge in [-0.2, -0.15) is 0 Å². The first-order valence-electron chi connectivity index (χ1n) is 5.46. The Bertz CT molecular complexity index is 165. The summed E-state index contributed by atoms with van der Waals surface area (Å²) >= 11 is 0. The van der Waals surface area contributed by atoms with Crippen molar-refractivity contribution in [3.63, 3.8) is 0 Å². The van der Waals surface area contributed by atoms with Crippen molar-refractivity contribution in [3.05, 3.63) is 0 Å². The summed E-state index contributed by atoms with van der Waals surface area (Å²) < 4.78 is 5.33. The lowest BCUT2D eigenvalue weighted by atomic mass is 9.96. The van der Waals surface area contributed by atoms with E-state index < -0.39 is 0 Å². The molecule has 0 radical (unpaired) electrons. The molecule has 1 fully saturated rings. The highest BCUT2D eigenvalue weighted by atomic mass is 16.5. The molecule has 1 aliphatic rings. The average molecular weight is 201 g/mol. The molecule has 0 atom stereocenters. The third-order valence-corrected chi connectivity index (χ3v) is 3.29. The van der Waals surface area contributed by atoms with E-state index in [-0.39, 0.29) is 12.1 Å². The number of rotatable bonds is 4. The quantitative estimate of drug-likeness (QED) is 0.739. The molecule has 3 nitrogen and oxygen atoms in total. The molecule has 84 valence electrons. The van der Waals surface area contributed by atoms with Crippen molar-refractivity contribution >= 4 is 0 Å². The number of aliphatic hydroxyl groups excluding tert-OH is 1. The van der Waals surface area contributed by atoms with Gasteiger partial charge < -0.3 is 9.84 Å². The Morgan fingerprint density at radius 3 is 2.43 bits per heavy atom. The molecule has 1 heterocycles. The predicted octanol–water partition coefficient (Wildman–Crippen LogP) is 1.12. The van der Waals surface area contributed by atoms with Gasteiger partial charge in [0.05, 0.1) is 6.61 Å². The molecule has 0 unspecified atom stereocenters. The highest BCUT2D eigenvalue weighted by Crippen LogP contribution is 2.19. The van der Waals surface area contributed by atoms with Crippen molar-refractivity contribution in [2.75, 3.05) is 33.4 Å². The standard InChI is InChI=1S/C11H23NO2/c1-11(2,9-13)12(3)8-10-4-6-14-7-5-10/h10,13H,4-9H2,1-3H3. The summed E-state index contributed by atoms with van der Waals surface area (Å²) in [6.45, 7) is 7.23. The average Bonchev–Trinajstić information content (AvgIpc) is 2.19. The summed E-state index contributed by atoms with van der Waals surface area (Å²) in [5.41, 5.74) is -0.0989. The van der Waals surface area contributed by atoms with Crippen LogP contribution in [0.1, 0.15) is 26.7 Å². The smallest absolute Gasteiger partial charge is 0.0609 e. The van der Waals surface area contributed by atoms with E-state index in [0.29, 0.717) is 0 Å². The molecule has 0 aliphatic carbocycles. The first-order valence-corrected chi connectivity index (χ1v) is 5.46. The van der Waals surface area contributed by atoms with E-state index in [1.165, 1.54) is 0 Å². The second-order valence-electron chi connectivity index (χ2n) is 4.91. The van der Waals surface area contributed by atoms with Crippen LogP contribution in [0, 0.1) is 5.92 Å². The highest BCUT2D eigenvalue weighted by Gasteiger charge is 2.25. The number of hydrogen-bond acceptors (Lipinski definition) is 3. The van der Waals surface area contributed by atoms with Gasteiger partial charge in [-0.15, -0.1) is 0 Å². The Morgan fingerprint density at radius 2 is 1.93 bits per heavy atom. The number of aliphatic hydroxyl groups is 1. The van der Waals surface area contributed by atoms with E-state index in [0.717, 1.165) is 38.5 Å². The summed E-state index contributed by atoms with van der Waals surface area (Å²) in [5.74, 6) is 0.736. The molecule has 0 aromatic heterocycles. The normalized spacial score (nSPS) is 20.4. The molecular formula is C11H23NO2. The second-order valence-corrected chi connectivity index (χ2v) is 4.91. The van der Waals surface area contributed by atoms with Crippen LogP contribution in [-0.4, -0.2) is 49.0 Å². The zero-order chi connectivity index (χ0) is 10.6. The van der Waals surface area contributed by atoms with Crippen molar-refractivity contribution in [1.29, 1.82) is 0 Å². The van der Waals surface area contributed by atoms with E-state index in [2.05, 4.69) is 25.8 Å². The maximum absolute atomic E-state index is 9.23. The van der Waals surface area contributed by atoms with Crippen LogP contribution >= 0.6 is 0 Å². The second kappa shape index (κ2) is 5.10. The van der Waals surface area contributed by atoms with Gasteiger partial charge in [-0.3, -0.25) is 4.90 Å². The predicted molar refractivity (Wildman–Crippen MR) is 57.3 cm³/mol. The number of nitrogens with zero attached hydrogens (tertiary/aromatic N) is 1. The van der Waals surface area contributed by atoms with Gasteiger partial charge in [-0.1, -0.05) is 0 Å². The van der Waals surface area contributed by atoms with Gasteiger partial charge in [-0.25, -0.2) is 0 Å². The third-order valence-electron chi connectivity index (χ3n) is 3.29.